The lowest BCUT2D eigenvalue weighted by atomic mass is 10.1. The number of thioether (sulfide) groups is 1. The van der Waals surface area contributed by atoms with Crippen molar-refractivity contribution in [1.82, 2.24) is 19.0 Å². The monoisotopic (exact) mass is 554 g/mol. The van der Waals surface area contributed by atoms with Gasteiger partial charge in [-0.2, -0.15) is 5.10 Å². The maximum Gasteiger partial charge on any atom is 0.266 e. The molecule has 3 aromatic rings. The third-order valence-electron chi connectivity index (χ3n) is 6.22. The molecule has 0 aliphatic carbocycles. The van der Waals surface area contributed by atoms with Gasteiger partial charge >= 0.3 is 0 Å². The Kier molecular flexibility index (Phi) is 7.32. The first-order chi connectivity index (χ1) is 17.7. The summed E-state index contributed by atoms with van der Waals surface area (Å²) in [6, 6.07) is 16.3. The van der Waals surface area contributed by atoms with Gasteiger partial charge in [0.1, 0.15) is 10.0 Å². The minimum absolute atomic E-state index is 0.000345. The predicted octanol–water partition coefficient (Wildman–Crippen LogP) is 4.17. The first-order valence-electron chi connectivity index (χ1n) is 11.8. The number of carbonyl (C=O) groups is 1. The Labute approximate surface area is 226 Å². The van der Waals surface area contributed by atoms with Crippen LogP contribution in [0.2, 0.25) is 0 Å². The Bertz CT molecular complexity index is 1480. The van der Waals surface area contributed by atoms with Gasteiger partial charge in [0, 0.05) is 38.0 Å². The zero-order chi connectivity index (χ0) is 26.2. The number of ether oxygens (including phenoxy) is 1. The number of para-hydroxylation sites is 1. The molecule has 37 heavy (non-hydrogen) atoms. The number of hydrogen-bond donors (Lipinski definition) is 0. The van der Waals surface area contributed by atoms with Crippen LogP contribution in [0, 0.1) is 0 Å². The molecule has 5 rings (SSSR count). The molecule has 1 amide bonds. The molecule has 0 saturated carbocycles. The molecular weight excluding hydrogens is 529 g/mol. The molecule has 0 N–H and O–H groups in total. The standard InChI is InChI=1S/C26H26N4O4S3/c1-28(2)37(32,33)22-12-6-8-18(14-22)24-19(16-30(27-24)20-9-4-3-5-10-20)15-23-25(31)29(26(35)36-23)17-21-11-7-13-34-21/h3-6,8-10,12,14-16,21H,7,11,13,17H2,1-2H3/b23-15-/t21-/m1/s1. The summed E-state index contributed by atoms with van der Waals surface area (Å²) < 4.78 is 34.7. The van der Waals surface area contributed by atoms with Gasteiger partial charge in [0.15, 0.2) is 0 Å². The second-order valence-electron chi connectivity index (χ2n) is 8.96. The van der Waals surface area contributed by atoms with Gasteiger partial charge < -0.3 is 4.74 Å². The summed E-state index contributed by atoms with van der Waals surface area (Å²) in [6.07, 6.45) is 5.52. The van der Waals surface area contributed by atoms with E-state index in [-0.39, 0.29) is 16.9 Å². The van der Waals surface area contributed by atoms with Gasteiger partial charge in [0.25, 0.3) is 5.91 Å². The van der Waals surface area contributed by atoms with Gasteiger partial charge in [0.05, 0.1) is 28.1 Å². The Morgan fingerprint density at radius 3 is 2.68 bits per heavy atom. The molecule has 2 aromatic carbocycles. The molecule has 1 aromatic heterocycles. The summed E-state index contributed by atoms with van der Waals surface area (Å²) in [4.78, 5) is 15.5. The lowest BCUT2D eigenvalue weighted by molar-refractivity contribution is -0.123. The van der Waals surface area contributed by atoms with Crippen LogP contribution in [-0.4, -0.2) is 71.0 Å². The number of carbonyl (C=O) groups excluding carboxylic acids is 1. The average molecular weight is 555 g/mol. The van der Waals surface area contributed by atoms with Crippen LogP contribution >= 0.6 is 24.0 Å². The van der Waals surface area contributed by atoms with E-state index in [4.69, 9.17) is 22.1 Å². The van der Waals surface area contributed by atoms with Crippen LogP contribution < -0.4 is 0 Å². The van der Waals surface area contributed by atoms with E-state index in [1.165, 1.54) is 30.2 Å². The summed E-state index contributed by atoms with van der Waals surface area (Å²) in [5.41, 5.74) is 2.70. The normalized spacial score (nSPS) is 19.5. The maximum absolute atomic E-state index is 13.3. The maximum atomic E-state index is 13.3. The van der Waals surface area contributed by atoms with Crippen molar-refractivity contribution in [1.29, 1.82) is 0 Å². The fourth-order valence-corrected chi connectivity index (χ4v) is 6.45. The summed E-state index contributed by atoms with van der Waals surface area (Å²) >= 11 is 6.77. The molecule has 0 bridgehead atoms. The topological polar surface area (TPSA) is 84.7 Å². The average Bonchev–Trinajstić information content (AvgIpc) is 3.62. The molecule has 2 fully saturated rings. The highest BCUT2D eigenvalue weighted by Crippen LogP contribution is 2.36. The van der Waals surface area contributed by atoms with Gasteiger partial charge in [-0.3, -0.25) is 9.69 Å². The number of hydrogen-bond acceptors (Lipinski definition) is 7. The summed E-state index contributed by atoms with van der Waals surface area (Å²) in [6.45, 7) is 1.16. The van der Waals surface area contributed by atoms with Gasteiger partial charge in [-0.15, -0.1) is 0 Å². The third kappa shape index (κ3) is 5.27. The van der Waals surface area contributed by atoms with Gasteiger partial charge in [-0.05, 0) is 43.2 Å². The molecule has 0 unspecified atom stereocenters. The van der Waals surface area contributed by atoms with Crippen LogP contribution in [-0.2, 0) is 19.6 Å². The Hall–Kier alpha value is -2.83. The van der Waals surface area contributed by atoms with E-state index in [0.29, 0.717) is 39.2 Å². The van der Waals surface area contributed by atoms with Crippen molar-refractivity contribution in [3.63, 3.8) is 0 Å². The molecule has 3 heterocycles. The molecule has 2 aliphatic heterocycles. The van der Waals surface area contributed by atoms with Gasteiger partial charge in [0.2, 0.25) is 10.0 Å². The highest BCUT2D eigenvalue weighted by molar-refractivity contribution is 8.26. The van der Waals surface area contributed by atoms with Gasteiger partial charge in [-0.1, -0.05) is 54.3 Å². The number of nitrogens with zero attached hydrogens (tertiary/aromatic N) is 4. The molecule has 0 radical (unpaired) electrons. The van der Waals surface area contributed by atoms with E-state index in [0.717, 1.165) is 18.5 Å². The molecule has 2 aliphatic rings. The molecular formula is C26H26N4O4S3. The zero-order valence-corrected chi connectivity index (χ0v) is 22.9. The molecule has 11 heteroatoms. The fraction of sp³-hybridized carbons (Fsp3) is 0.269. The van der Waals surface area contributed by atoms with Crippen LogP contribution in [0.5, 0.6) is 0 Å². The first-order valence-corrected chi connectivity index (χ1v) is 14.5. The van der Waals surface area contributed by atoms with Crippen molar-refractivity contribution in [2.45, 2.75) is 23.8 Å². The Morgan fingerprint density at radius 2 is 1.97 bits per heavy atom. The molecule has 1 atom stereocenters. The number of rotatable bonds is 7. The van der Waals surface area contributed by atoms with E-state index in [1.807, 2.05) is 42.6 Å². The summed E-state index contributed by atoms with van der Waals surface area (Å²) in [7, 11) is -0.641. The highest BCUT2D eigenvalue weighted by atomic mass is 32.2. The quantitative estimate of drug-likeness (QED) is 0.320. The van der Waals surface area contributed by atoms with Crippen LogP contribution in [0.3, 0.4) is 0 Å². The molecule has 0 spiro atoms. The third-order valence-corrected chi connectivity index (χ3v) is 9.41. The minimum Gasteiger partial charge on any atom is -0.376 e. The van der Waals surface area contributed by atoms with Crippen LogP contribution in [0.1, 0.15) is 18.4 Å². The Balaban J connectivity index is 1.56. The van der Waals surface area contributed by atoms with Crippen molar-refractivity contribution in [3.8, 4) is 16.9 Å². The molecule has 192 valence electrons. The molecule has 8 nitrogen and oxygen atoms in total. The summed E-state index contributed by atoms with van der Waals surface area (Å²) in [5, 5.41) is 4.78. The van der Waals surface area contributed by atoms with Gasteiger partial charge in [-0.25, -0.2) is 17.4 Å². The van der Waals surface area contributed by atoms with E-state index < -0.39 is 10.0 Å². The SMILES string of the molecule is CN(C)S(=O)(=O)c1cccc(-c2nn(-c3ccccc3)cc2/C=C2\SC(=S)N(C[C@H]3CCCO3)C2=O)c1. The number of aromatic nitrogens is 2. The van der Waals surface area contributed by atoms with Crippen molar-refractivity contribution in [2.75, 3.05) is 27.2 Å². The lowest BCUT2D eigenvalue weighted by Crippen LogP contribution is -2.35. The van der Waals surface area contributed by atoms with Crippen molar-refractivity contribution in [3.05, 3.63) is 71.3 Å². The number of thiocarbonyl (C=S) groups is 1. The predicted molar refractivity (Wildman–Crippen MR) is 149 cm³/mol. The van der Waals surface area contributed by atoms with E-state index in [1.54, 1.807) is 33.9 Å². The largest absolute Gasteiger partial charge is 0.376 e. The molecule has 2 saturated heterocycles. The number of sulfonamides is 1. The lowest BCUT2D eigenvalue weighted by Gasteiger charge is -2.18. The minimum atomic E-state index is -3.63. The van der Waals surface area contributed by atoms with Crippen LogP contribution in [0.4, 0.5) is 0 Å². The van der Waals surface area contributed by atoms with E-state index >= 15 is 0 Å². The zero-order valence-electron chi connectivity index (χ0n) is 20.4. The fourth-order valence-electron chi connectivity index (χ4n) is 4.24. The smallest absolute Gasteiger partial charge is 0.266 e. The van der Waals surface area contributed by atoms with Crippen molar-refractivity contribution >= 4 is 50.3 Å². The van der Waals surface area contributed by atoms with Crippen molar-refractivity contribution in [2.24, 2.45) is 0 Å². The number of amides is 1. The number of benzene rings is 2. The Morgan fingerprint density at radius 1 is 1.19 bits per heavy atom. The highest BCUT2D eigenvalue weighted by Gasteiger charge is 2.35. The second-order valence-corrected chi connectivity index (χ2v) is 12.8. The van der Waals surface area contributed by atoms with Crippen LogP contribution in [0.15, 0.2) is 70.6 Å². The van der Waals surface area contributed by atoms with E-state index in [9.17, 15) is 13.2 Å². The second kappa shape index (κ2) is 10.5. The summed E-state index contributed by atoms with van der Waals surface area (Å²) in [5.74, 6) is -0.159. The van der Waals surface area contributed by atoms with E-state index in [2.05, 4.69) is 0 Å². The van der Waals surface area contributed by atoms with Crippen LogP contribution in [0.25, 0.3) is 23.0 Å². The first kappa shape index (κ1) is 25.8. The van der Waals surface area contributed by atoms with Crippen molar-refractivity contribution < 1.29 is 17.9 Å².